The van der Waals surface area contributed by atoms with Crippen molar-refractivity contribution in [3.05, 3.63) is 12.7 Å². The lowest BCUT2D eigenvalue weighted by Crippen LogP contribution is -2.28. The standard InChI is InChI=1S/C19H37NO2/c1-4-7-9-10-11-13-16-20(15-12-8-5-2)17-14-18-22-19(21)6-3/h6H,3-5,7-18H2,1-2H3. The summed E-state index contributed by atoms with van der Waals surface area (Å²) in [6, 6.07) is 0. The lowest BCUT2D eigenvalue weighted by Gasteiger charge is -2.22. The summed E-state index contributed by atoms with van der Waals surface area (Å²) in [6.45, 7) is 11.8. The van der Waals surface area contributed by atoms with Crippen LogP contribution in [0.15, 0.2) is 12.7 Å². The molecule has 0 N–H and O–H groups in total. The molecule has 0 atom stereocenters. The first-order chi connectivity index (χ1) is 10.7. The van der Waals surface area contributed by atoms with Crippen LogP contribution in [-0.2, 0) is 9.53 Å². The summed E-state index contributed by atoms with van der Waals surface area (Å²) >= 11 is 0. The molecule has 0 aliphatic heterocycles. The highest BCUT2D eigenvalue weighted by Gasteiger charge is 2.05. The molecule has 3 heteroatoms. The van der Waals surface area contributed by atoms with Gasteiger partial charge in [0.2, 0.25) is 0 Å². The molecule has 0 spiro atoms. The summed E-state index contributed by atoms with van der Waals surface area (Å²) in [5.41, 5.74) is 0. The summed E-state index contributed by atoms with van der Waals surface area (Å²) in [6.07, 6.45) is 14.1. The Morgan fingerprint density at radius 1 is 0.864 bits per heavy atom. The number of ether oxygens (including phenoxy) is 1. The van der Waals surface area contributed by atoms with Crippen molar-refractivity contribution in [2.75, 3.05) is 26.2 Å². The number of rotatable bonds is 16. The van der Waals surface area contributed by atoms with Gasteiger partial charge in [-0.3, -0.25) is 0 Å². The maximum absolute atomic E-state index is 11.0. The third kappa shape index (κ3) is 14.1. The highest BCUT2D eigenvalue weighted by molar-refractivity contribution is 5.81. The van der Waals surface area contributed by atoms with Crippen LogP contribution in [0, 0.1) is 0 Å². The highest BCUT2D eigenvalue weighted by atomic mass is 16.5. The molecule has 0 radical (unpaired) electrons. The Balaban J connectivity index is 3.78. The second-order valence-electron chi connectivity index (χ2n) is 6.04. The van der Waals surface area contributed by atoms with Crippen LogP contribution in [0.2, 0.25) is 0 Å². The van der Waals surface area contributed by atoms with E-state index in [4.69, 9.17) is 4.74 Å². The van der Waals surface area contributed by atoms with E-state index in [-0.39, 0.29) is 5.97 Å². The van der Waals surface area contributed by atoms with E-state index in [0.29, 0.717) is 6.61 Å². The molecule has 0 aliphatic rings. The quantitative estimate of drug-likeness (QED) is 0.229. The zero-order chi connectivity index (χ0) is 16.5. The molecule has 130 valence electrons. The van der Waals surface area contributed by atoms with Crippen LogP contribution >= 0.6 is 0 Å². The van der Waals surface area contributed by atoms with Crippen molar-refractivity contribution < 1.29 is 9.53 Å². The number of hydrogen-bond acceptors (Lipinski definition) is 3. The molecule has 0 saturated heterocycles. The van der Waals surface area contributed by atoms with Crippen molar-refractivity contribution in [3.63, 3.8) is 0 Å². The maximum atomic E-state index is 11.0. The molecule has 0 aromatic heterocycles. The van der Waals surface area contributed by atoms with Crippen LogP contribution < -0.4 is 0 Å². The molecule has 3 nitrogen and oxygen atoms in total. The van der Waals surface area contributed by atoms with Gasteiger partial charge in [-0.15, -0.1) is 0 Å². The Kier molecular flexibility index (Phi) is 15.9. The van der Waals surface area contributed by atoms with Crippen LogP contribution in [0.3, 0.4) is 0 Å². The average Bonchev–Trinajstić information content (AvgIpc) is 2.53. The van der Waals surface area contributed by atoms with E-state index in [9.17, 15) is 4.79 Å². The Hall–Kier alpha value is -0.830. The monoisotopic (exact) mass is 311 g/mol. The first kappa shape index (κ1) is 21.2. The summed E-state index contributed by atoms with van der Waals surface area (Å²) in [4.78, 5) is 13.5. The van der Waals surface area contributed by atoms with E-state index < -0.39 is 0 Å². The van der Waals surface area contributed by atoms with Crippen LogP contribution in [0.5, 0.6) is 0 Å². The van der Waals surface area contributed by atoms with E-state index in [1.807, 2.05) is 0 Å². The average molecular weight is 312 g/mol. The van der Waals surface area contributed by atoms with Crippen molar-refractivity contribution in [1.82, 2.24) is 4.90 Å². The number of esters is 1. The molecule has 0 unspecified atom stereocenters. The van der Waals surface area contributed by atoms with Gasteiger partial charge in [0.25, 0.3) is 0 Å². The van der Waals surface area contributed by atoms with Crippen molar-refractivity contribution >= 4 is 5.97 Å². The largest absolute Gasteiger partial charge is 0.462 e. The van der Waals surface area contributed by atoms with Gasteiger partial charge in [0.15, 0.2) is 0 Å². The molecule has 0 heterocycles. The summed E-state index contributed by atoms with van der Waals surface area (Å²) in [5, 5.41) is 0. The predicted octanol–water partition coefficient (Wildman–Crippen LogP) is 4.96. The minimum absolute atomic E-state index is 0.312. The minimum Gasteiger partial charge on any atom is -0.462 e. The predicted molar refractivity (Wildman–Crippen MR) is 95.1 cm³/mol. The van der Waals surface area contributed by atoms with Crippen molar-refractivity contribution in [2.24, 2.45) is 0 Å². The van der Waals surface area contributed by atoms with Gasteiger partial charge in [-0.2, -0.15) is 0 Å². The highest BCUT2D eigenvalue weighted by Crippen LogP contribution is 2.07. The normalized spacial score (nSPS) is 10.9. The molecule has 0 aliphatic carbocycles. The van der Waals surface area contributed by atoms with Gasteiger partial charge in [0.1, 0.15) is 0 Å². The van der Waals surface area contributed by atoms with Gasteiger partial charge in [-0.1, -0.05) is 65.4 Å². The molecular weight excluding hydrogens is 274 g/mol. The van der Waals surface area contributed by atoms with Crippen LogP contribution in [0.4, 0.5) is 0 Å². The maximum Gasteiger partial charge on any atom is 0.330 e. The molecule has 0 aromatic rings. The van der Waals surface area contributed by atoms with E-state index in [0.717, 1.165) is 13.0 Å². The van der Waals surface area contributed by atoms with Crippen LogP contribution in [0.25, 0.3) is 0 Å². The summed E-state index contributed by atoms with van der Waals surface area (Å²) in [7, 11) is 0. The molecule has 0 fully saturated rings. The lowest BCUT2D eigenvalue weighted by atomic mass is 10.1. The second kappa shape index (κ2) is 16.5. The van der Waals surface area contributed by atoms with Crippen molar-refractivity contribution in [2.45, 2.75) is 78.1 Å². The molecule has 22 heavy (non-hydrogen) atoms. The fourth-order valence-corrected chi connectivity index (χ4v) is 2.56. The van der Waals surface area contributed by atoms with Gasteiger partial charge in [0, 0.05) is 12.6 Å². The lowest BCUT2D eigenvalue weighted by molar-refractivity contribution is -0.137. The first-order valence-electron chi connectivity index (χ1n) is 9.26. The van der Waals surface area contributed by atoms with Crippen molar-refractivity contribution in [3.8, 4) is 0 Å². The second-order valence-corrected chi connectivity index (χ2v) is 6.04. The molecular formula is C19H37NO2. The fraction of sp³-hybridized carbons (Fsp3) is 0.842. The molecule has 0 saturated carbocycles. The number of unbranched alkanes of at least 4 members (excludes halogenated alkanes) is 7. The summed E-state index contributed by atoms with van der Waals surface area (Å²) in [5.74, 6) is -0.312. The molecule has 0 amide bonds. The zero-order valence-electron chi connectivity index (χ0n) is 14.9. The fourth-order valence-electron chi connectivity index (χ4n) is 2.56. The third-order valence-corrected chi connectivity index (χ3v) is 3.94. The molecule has 0 aromatic carbocycles. The van der Waals surface area contributed by atoms with Crippen molar-refractivity contribution in [1.29, 1.82) is 0 Å². The number of hydrogen-bond donors (Lipinski definition) is 0. The van der Waals surface area contributed by atoms with Gasteiger partial charge in [-0.05, 0) is 32.4 Å². The summed E-state index contributed by atoms with van der Waals surface area (Å²) < 4.78 is 5.05. The van der Waals surface area contributed by atoms with E-state index in [1.54, 1.807) is 0 Å². The number of nitrogens with zero attached hydrogens (tertiary/aromatic N) is 1. The van der Waals surface area contributed by atoms with E-state index in [1.165, 1.54) is 77.0 Å². The topological polar surface area (TPSA) is 29.5 Å². The van der Waals surface area contributed by atoms with E-state index in [2.05, 4.69) is 25.3 Å². The Bertz CT molecular complexity index is 266. The van der Waals surface area contributed by atoms with Crippen LogP contribution in [0.1, 0.15) is 78.1 Å². The minimum atomic E-state index is -0.312. The Morgan fingerprint density at radius 2 is 1.36 bits per heavy atom. The smallest absolute Gasteiger partial charge is 0.330 e. The number of carbonyl (C=O) groups excluding carboxylic acids is 1. The van der Waals surface area contributed by atoms with Gasteiger partial charge < -0.3 is 9.64 Å². The molecule has 0 rings (SSSR count). The molecule has 0 bridgehead atoms. The van der Waals surface area contributed by atoms with E-state index >= 15 is 0 Å². The van der Waals surface area contributed by atoms with Gasteiger partial charge in [-0.25, -0.2) is 4.79 Å². The Labute approximate surface area is 138 Å². The Morgan fingerprint density at radius 3 is 2.00 bits per heavy atom. The number of carbonyl (C=O) groups is 1. The third-order valence-electron chi connectivity index (χ3n) is 3.94. The van der Waals surface area contributed by atoms with Gasteiger partial charge >= 0.3 is 5.97 Å². The van der Waals surface area contributed by atoms with Gasteiger partial charge in [0.05, 0.1) is 6.61 Å². The SMILES string of the molecule is C=CC(=O)OCCCN(CCCCC)CCCCCCCC. The van der Waals surface area contributed by atoms with Crippen LogP contribution in [-0.4, -0.2) is 37.1 Å². The zero-order valence-corrected chi connectivity index (χ0v) is 14.9. The first-order valence-corrected chi connectivity index (χ1v) is 9.26.